The minimum absolute atomic E-state index is 0.0887. The third-order valence-corrected chi connectivity index (χ3v) is 4.96. The highest BCUT2D eigenvalue weighted by Gasteiger charge is 2.42. The predicted octanol–water partition coefficient (Wildman–Crippen LogP) is -0.259. The van der Waals surface area contributed by atoms with Gasteiger partial charge in [0.25, 0.3) is 0 Å². The van der Waals surface area contributed by atoms with Gasteiger partial charge in [-0.05, 0) is 12.8 Å². The third kappa shape index (κ3) is 3.86. The number of carbonyl (C=O) groups is 3. The summed E-state index contributed by atoms with van der Waals surface area (Å²) >= 11 is 1.85. The maximum Gasteiger partial charge on any atom is 0.327 e. The first kappa shape index (κ1) is 15.1. The number of rotatable bonds is 6. The molecule has 0 saturated carbocycles. The van der Waals surface area contributed by atoms with Crippen molar-refractivity contribution in [3.8, 4) is 0 Å². The van der Waals surface area contributed by atoms with Crippen LogP contribution >= 0.6 is 11.8 Å². The number of nitrogens with two attached hydrogens (primary N) is 1. The molecule has 2 aliphatic rings. The van der Waals surface area contributed by atoms with Gasteiger partial charge in [-0.15, -0.1) is 0 Å². The lowest BCUT2D eigenvalue weighted by atomic mass is 10.0. The zero-order chi connectivity index (χ0) is 14.5. The van der Waals surface area contributed by atoms with Crippen molar-refractivity contribution in [1.82, 2.24) is 10.6 Å². The van der Waals surface area contributed by atoms with Crippen LogP contribution in [0.5, 0.6) is 0 Å². The summed E-state index contributed by atoms with van der Waals surface area (Å²) < 4.78 is 4.48. The fourth-order valence-corrected chi connectivity index (χ4v) is 4.02. The van der Waals surface area contributed by atoms with E-state index in [1.54, 1.807) is 0 Å². The van der Waals surface area contributed by atoms with E-state index in [1.807, 2.05) is 11.8 Å². The Morgan fingerprint density at radius 3 is 2.85 bits per heavy atom. The molecule has 0 radical (unpaired) electrons. The average molecular weight is 301 g/mol. The minimum atomic E-state index is -0.691. The molecule has 0 unspecified atom stereocenters. The van der Waals surface area contributed by atoms with Crippen LogP contribution in [0, 0.1) is 0 Å². The van der Waals surface area contributed by atoms with E-state index in [9.17, 15) is 14.4 Å². The standard InChI is InChI=1S/C12H19N3O4S/c13-5-10(17)19-9(16)4-2-1-3-8-11-7(6-20-8)14-12(18)15-11/h7-8,11H,1-6,13H2,(H2,14,15,18)/t7-,8-,11-/m0/s1. The Labute approximate surface area is 121 Å². The van der Waals surface area contributed by atoms with Crippen LogP contribution in [0.25, 0.3) is 0 Å². The molecule has 2 amide bonds. The molecule has 3 atom stereocenters. The summed E-state index contributed by atoms with van der Waals surface area (Å²) in [5.41, 5.74) is 5.05. The second kappa shape index (κ2) is 6.94. The van der Waals surface area contributed by atoms with Crippen molar-refractivity contribution < 1.29 is 19.1 Å². The maximum atomic E-state index is 11.3. The number of fused-ring (bicyclic) bond motifs is 1. The molecule has 2 rings (SSSR count). The van der Waals surface area contributed by atoms with Gasteiger partial charge in [0, 0.05) is 17.4 Å². The molecule has 2 heterocycles. The lowest BCUT2D eigenvalue weighted by Crippen LogP contribution is -2.36. The molecular weight excluding hydrogens is 282 g/mol. The summed E-state index contributed by atoms with van der Waals surface area (Å²) in [4.78, 5) is 33.3. The summed E-state index contributed by atoms with van der Waals surface area (Å²) in [5.74, 6) is -0.279. The molecule has 8 heteroatoms. The summed E-state index contributed by atoms with van der Waals surface area (Å²) in [6.45, 7) is -0.278. The monoisotopic (exact) mass is 301 g/mol. The molecule has 2 saturated heterocycles. The number of esters is 2. The van der Waals surface area contributed by atoms with Gasteiger partial charge in [0.2, 0.25) is 0 Å². The van der Waals surface area contributed by atoms with Gasteiger partial charge >= 0.3 is 18.0 Å². The molecule has 2 fully saturated rings. The summed E-state index contributed by atoms with van der Waals surface area (Å²) in [5, 5.41) is 6.21. The second-order valence-corrected chi connectivity index (χ2v) is 6.19. The number of amides is 2. The summed E-state index contributed by atoms with van der Waals surface area (Å²) in [7, 11) is 0. The first-order valence-corrected chi connectivity index (χ1v) is 7.77. The number of carbonyl (C=O) groups excluding carboxylic acids is 3. The van der Waals surface area contributed by atoms with Crippen molar-refractivity contribution in [3.63, 3.8) is 0 Å². The lowest BCUT2D eigenvalue weighted by Gasteiger charge is -2.16. The van der Waals surface area contributed by atoms with E-state index in [2.05, 4.69) is 15.4 Å². The topological polar surface area (TPSA) is 111 Å². The first-order valence-electron chi connectivity index (χ1n) is 6.72. The van der Waals surface area contributed by atoms with Gasteiger partial charge in [0.1, 0.15) is 0 Å². The number of urea groups is 1. The zero-order valence-electron chi connectivity index (χ0n) is 11.1. The highest BCUT2D eigenvalue weighted by molar-refractivity contribution is 8.00. The fraction of sp³-hybridized carbons (Fsp3) is 0.750. The van der Waals surface area contributed by atoms with Crippen molar-refractivity contribution in [1.29, 1.82) is 0 Å². The molecule has 0 bridgehead atoms. The number of ether oxygens (including phenoxy) is 1. The van der Waals surface area contributed by atoms with E-state index in [0.29, 0.717) is 11.7 Å². The summed E-state index contributed by atoms with van der Waals surface area (Å²) in [6, 6.07) is 0.331. The van der Waals surface area contributed by atoms with Crippen molar-refractivity contribution >= 4 is 29.7 Å². The molecule has 0 aliphatic carbocycles. The second-order valence-electron chi connectivity index (χ2n) is 4.92. The SMILES string of the molecule is NCC(=O)OC(=O)CCCC[C@@H]1SC[C@@H]2NC(=O)N[C@@H]21. The van der Waals surface area contributed by atoms with Gasteiger partial charge in [-0.3, -0.25) is 9.59 Å². The molecule has 112 valence electrons. The molecule has 0 aromatic carbocycles. The molecule has 20 heavy (non-hydrogen) atoms. The first-order chi connectivity index (χ1) is 9.60. The van der Waals surface area contributed by atoms with E-state index in [0.717, 1.165) is 18.6 Å². The fourth-order valence-electron chi connectivity index (χ4n) is 2.48. The Morgan fingerprint density at radius 2 is 2.10 bits per heavy atom. The molecule has 2 aliphatic heterocycles. The number of thioether (sulfide) groups is 1. The maximum absolute atomic E-state index is 11.3. The van der Waals surface area contributed by atoms with E-state index in [-0.39, 0.29) is 31.1 Å². The van der Waals surface area contributed by atoms with Crippen LogP contribution in [-0.2, 0) is 14.3 Å². The highest BCUT2D eigenvalue weighted by atomic mass is 32.2. The van der Waals surface area contributed by atoms with Crippen LogP contribution in [0.3, 0.4) is 0 Å². The van der Waals surface area contributed by atoms with E-state index < -0.39 is 11.9 Å². The number of hydrogen-bond acceptors (Lipinski definition) is 6. The predicted molar refractivity (Wildman–Crippen MR) is 74.1 cm³/mol. The van der Waals surface area contributed by atoms with Crippen LogP contribution in [0.4, 0.5) is 4.79 Å². The lowest BCUT2D eigenvalue weighted by molar-refractivity contribution is -0.158. The van der Waals surface area contributed by atoms with Gasteiger partial charge in [-0.1, -0.05) is 6.42 Å². The van der Waals surface area contributed by atoms with Gasteiger partial charge < -0.3 is 21.1 Å². The third-order valence-electron chi connectivity index (χ3n) is 3.45. The van der Waals surface area contributed by atoms with Crippen LogP contribution in [0.2, 0.25) is 0 Å². The summed E-state index contributed by atoms with van der Waals surface area (Å²) in [6.07, 6.45) is 2.70. The van der Waals surface area contributed by atoms with Gasteiger partial charge in [0.05, 0.1) is 18.6 Å². The Bertz CT molecular complexity index is 404. The molecular formula is C12H19N3O4S. The van der Waals surface area contributed by atoms with Crippen LogP contribution < -0.4 is 16.4 Å². The van der Waals surface area contributed by atoms with Crippen LogP contribution in [0.1, 0.15) is 25.7 Å². The number of unbranched alkanes of at least 4 members (excludes halogenated alkanes) is 1. The Kier molecular flexibility index (Phi) is 5.24. The Morgan fingerprint density at radius 1 is 1.30 bits per heavy atom. The molecule has 7 nitrogen and oxygen atoms in total. The zero-order valence-corrected chi connectivity index (χ0v) is 11.9. The molecule has 4 N–H and O–H groups in total. The van der Waals surface area contributed by atoms with Crippen molar-refractivity contribution in [3.05, 3.63) is 0 Å². The normalized spacial score (nSPS) is 27.6. The number of hydrogen-bond donors (Lipinski definition) is 3. The Balaban J connectivity index is 1.61. The molecule has 0 aromatic heterocycles. The molecule has 0 aromatic rings. The van der Waals surface area contributed by atoms with Gasteiger partial charge in [-0.25, -0.2) is 4.79 Å². The van der Waals surface area contributed by atoms with E-state index in [4.69, 9.17) is 5.73 Å². The smallest absolute Gasteiger partial charge is 0.327 e. The van der Waals surface area contributed by atoms with Crippen molar-refractivity contribution in [2.45, 2.75) is 43.0 Å². The van der Waals surface area contributed by atoms with Crippen molar-refractivity contribution in [2.75, 3.05) is 12.3 Å². The van der Waals surface area contributed by atoms with E-state index >= 15 is 0 Å². The largest absolute Gasteiger partial charge is 0.392 e. The van der Waals surface area contributed by atoms with Crippen LogP contribution in [-0.4, -0.2) is 47.6 Å². The van der Waals surface area contributed by atoms with Crippen molar-refractivity contribution in [2.24, 2.45) is 5.73 Å². The quantitative estimate of drug-likeness (QED) is 0.270. The highest BCUT2D eigenvalue weighted by Crippen LogP contribution is 2.33. The van der Waals surface area contributed by atoms with E-state index in [1.165, 1.54) is 0 Å². The number of nitrogens with one attached hydrogen (secondary N) is 2. The Hall–Kier alpha value is -1.28. The van der Waals surface area contributed by atoms with Gasteiger partial charge in [-0.2, -0.15) is 11.8 Å². The minimum Gasteiger partial charge on any atom is -0.392 e. The molecule has 0 spiro atoms. The van der Waals surface area contributed by atoms with Crippen LogP contribution in [0.15, 0.2) is 0 Å². The average Bonchev–Trinajstić information content (AvgIpc) is 2.94. The van der Waals surface area contributed by atoms with Gasteiger partial charge in [0.15, 0.2) is 0 Å².